The summed E-state index contributed by atoms with van der Waals surface area (Å²) in [5.74, 6) is -0.900. The topological polar surface area (TPSA) is 96.5 Å². The molecule has 1 N–H and O–H groups in total. The van der Waals surface area contributed by atoms with Crippen molar-refractivity contribution in [2.75, 3.05) is 6.54 Å². The number of hydrogen-bond donors (Lipinski definition) is 1. The summed E-state index contributed by atoms with van der Waals surface area (Å²) in [5, 5.41) is 13.0. The number of aryl methyl sites for hydroxylation is 2. The normalized spacial score (nSPS) is 17.0. The van der Waals surface area contributed by atoms with Crippen LogP contribution < -0.4 is 0 Å². The minimum absolute atomic E-state index is 0.105. The lowest BCUT2D eigenvalue weighted by molar-refractivity contribution is -0.148. The molecule has 7 nitrogen and oxygen atoms in total. The molecule has 8 heteroatoms. The number of carboxylic acids is 1. The summed E-state index contributed by atoms with van der Waals surface area (Å²) < 4.78 is 18.5. The van der Waals surface area contributed by atoms with E-state index in [9.17, 15) is 14.0 Å². The van der Waals surface area contributed by atoms with Gasteiger partial charge in [-0.2, -0.15) is 4.98 Å². The molecule has 0 saturated carbocycles. The van der Waals surface area contributed by atoms with Gasteiger partial charge in [-0.15, -0.1) is 0 Å². The Kier molecular flexibility index (Phi) is 4.78. The maximum absolute atomic E-state index is 13.3. The molecule has 2 aromatic rings. The Hall–Kier alpha value is -2.77. The maximum atomic E-state index is 13.3. The van der Waals surface area contributed by atoms with Crippen LogP contribution in [0.25, 0.3) is 11.4 Å². The highest BCUT2D eigenvalue weighted by atomic mass is 19.1. The number of benzene rings is 1. The largest absolute Gasteiger partial charge is 0.480 e. The second-order valence-electron chi connectivity index (χ2n) is 6.06. The highest BCUT2D eigenvalue weighted by Crippen LogP contribution is 2.21. The standard InChI is InChI=1S/C17H18FN3O4/c1-10-9-11(4-5-12(10)18)16-19-14(25-20-16)6-7-15(22)21-8-2-3-13(21)17(23)24/h4-5,9,13H,2-3,6-8H2,1H3,(H,23,24)/t13-/m1/s1. The molecule has 1 fully saturated rings. The SMILES string of the molecule is Cc1cc(-c2noc(CCC(=O)N3CCC[C@@H]3C(=O)O)n2)ccc1F. The average Bonchev–Trinajstić information content (AvgIpc) is 3.24. The second-order valence-corrected chi connectivity index (χ2v) is 6.06. The lowest BCUT2D eigenvalue weighted by Crippen LogP contribution is -2.40. The smallest absolute Gasteiger partial charge is 0.326 e. The fraction of sp³-hybridized carbons (Fsp3) is 0.412. The number of hydrogen-bond acceptors (Lipinski definition) is 5. The molecule has 0 aliphatic carbocycles. The number of likely N-dealkylation sites (tertiary alicyclic amines) is 1. The number of carbonyl (C=O) groups is 2. The summed E-state index contributed by atoms with van der Waals surface area (Å²) in [5.41, 5.74) is 1.11. The van der Waals surface area contributed by atoms with Crippen molar-refractivity contribution in [2.45, 2.75) is 38.6 Å². The molecule has 1 aliphatic heterocycles. The molecule has 1 aromatic heterocycles. The average molecular weight is 347 g/mol. The zero-order chi connectivity index (χ0) is 18.0. The summed E-state index contributed by atoms with van der Waals surface area (Å²) in [4.78, 5) is 29.0. The number of amides is 1. The molecular formula is C17H18FN3O4. The van der Waals surface area contributed by atoms with Crippen molar-refractivity contribution in [2.24, 2.45) is 0 Å². The van der Waals surface area contributed by atoms with Crippen LogP contribution in [0.2, 0.25) is 0 Å². The van der Waals surface area contributed by atoms with Gasteiger partial charge in [-0.3, -0.25) is 4.79 Å². The van der Waals surface area contributed by atoms with Gasteiger partial charge in [0.15, 0.2) is 0 Å². The van der Waals surface area contributed by atoms with Crippen LogP contribution in [0.3, 0.4) is 0 Å². The van der Waals surface area contributed by atoms with E-state index in [-0.39, 0.29) is 30.5 Å². The number of carbonyl (C=O) groups excluding carboxylic acids is 1. The minimum atomic E-state index is -0.974. The van der Waals surface area contributed by atoms with Crippen molar-refractivity contribution in [3.05, 3.63) is 35.5 Å². The Balaban J connectivity index is 1.63. The Morgan fingerprint density at radius 1 is 1.44 bits per heavy atom. The Morgan fingerprint density at radius 2 is 2.24 bits per heavy atom. The van der Waals surface area contributed by atoms with Gasteiger partial charge < -0.3 is 14.5 Å². The minimum Gasteiger partial charge on any atom is -0.480 e. The van der Waals surface area contributed by atoms with E-state index in [1.54, 1.807) is 19.1 Å². The fourth-order valence-electron chi connectivity index (χ4n) is 2.94. The van der Waals surface area contributed by atoms with Crippen molar-refractivity contribution < 1.29 is 23.6 Å². The summed E-state index contributed by atoms with van der Waals surface area (Å²) in [6, 6.07) is 3.78. The van der Waals surface area contributed by atoms with Gasteiger partial charge in [-0.25, -0.2) is 9.18 Å². The molecule has 1 saturated heterocycles. The summed E-state index contributed by atoms with van der Waals surface area (Å²) in [6.45, 7) is 2.10. The Labute approximate surface area is 143 Å². The molecule has 3 rings (SSSR count). The van der Waals surface area contributed by atoms with Crippen molar-refractivity contribution in [1.29, 1.82) is 0 Å². The molecule has 1 amide bonds. The molecule has 1 aromatic carbocycles. The van der Waals surface area contributed by atoms with Crippen LogP contribution in [-0.4, -0.2) is 44.6 Å². The number of carboxylic acid groups (broad SMARTS) is 1. The molecule has 25 heavy (non-hydrogen) atoms. The van der Waals surface area contributed by atoms with Crippen molar-refractivity contribution in [1.82, 2.24) is 15.0 Å². The molecule has 0 unspecified atom stereocenters. The van der Waals surface area contributed by atoms with Gasteiger partial charge in [0.2, 0.25) is 17.6 Å². The third-order valence-corrected chi connectivity index (χ3v) is 4.30. The van der Waals surface area contributed by atoms with Gasteiger partial charge in [0.1, 0.15) is 11.9 Å². The van der Waals surface area contributed by atoms with Crippen molar-refractivity contribution >= 4 is 11.9 Å². The molecule has 0 radical (unpaired) electrons. The zero-order valence-electron chi connectivity index (χ0n) is 13.7. The van der Waals surface area contributed by atoms with E-state index in [0.29, 0.717) is 36.3 Å². The van der Waals surface area contributed by atoms with Crippen LogP contribution in [0.1, 0.15) is 30.7 Å². The quantitative estimate of drug-likeness (QED) is 0.890. The Morgan fingerprint density at radius 3 is 2.96 bits per heavy atom. The Bertz CT molecular complexity index is 805. The second kappa shape index (κ2) is 7.00. The van der Waals surface area contributed by atoms with E-state index in [4.69, 9.17) is 9.63 Å². The van der Waals surface area contributed by atoms with Crippen LogP contribution in [-0.2, 0) is 16.0 Å². The first kappa shape index (κ1) is 17.1. The molecule has 1 aliphatic rings. The van der Waals surface area contributed by atoms with Crippen LogP contribution in [0, 0.1) is 12.7 Å². The first-order valence-corrected chi connectivity index (χ1v) is 8.07. The molecule has 0 spiro atoms. The first-order valence-electron chi connectivity index (χ1n) is 8.07. The van der Waals surface area contributed by atoms with Gasteiger partial charge >= 0.3 is 5.97 Å². The lowest BCUT2D eigenvalue weighted by Gasteiger charge is -2.20. The van der Waals surface area contributed by atoms with Crippen LogP contribution in [0.15, 0.2) is 22.7 Å². The molecule has 1 atom stereocenters. The van der Waals surface area contributed by atoms with Crippen LogP contribution in [0.5, 0.6) is 0 Å². The zero-order valence-corrected chi connectivity index (χ0v) is 13.7. The number of rotatable bonds is 5. The highest BCUT2D eigenvalue weighted by molar-refractivity contribution is 5.84. The first-order chi connectivity index (χ1) is 12.0. The molecule has 0 bridgehead atoms. The van der Waals surface area contributed by atoms with E-state index in [1.165, 1.54) is 11.0 Å². The third kappa shape index (κ3) is 3.67. The van der Waals surface area contributed by atoms with E-state index < -0.39 is 12.0 Å². The van der Waals surface area contributed by atoms with Gasteiger partial charge in [0, 0.05) is 24.9 Å². The fourth-order valence-corrected chi connectivity index (χ4v) is 2.94. The van der Waals surface area contributed by atoms with E-state index in [2.05, 4.69) is 10.1 Å². The molecule has 2 heterocycles. The van der Waals surface area contributed by atoms with Gasteiger partial charge in [0.25, 0.3) is 0 Å². The van der Waals surface area contributed by atoms with Gasteiger partial charge in [-0.1, -0.05) is 5.16 Å². The predicted octanol–water partition coefficient (Wildman–Crippen LogP) is 2.19. The molecule has 132 valence electrons. The predicted molar refractivity (Wildman–Crippen MR) is 85.1 cm³/mol. The van der Waals surface area contributed by atoms with Crippen molar-refractivity contribution in [3.63, 3.8) is 0 Å². The maximum Gasteiger partial charge on any atom is 0.326 e. The number of aromatic nitrogens is 2. The number of aliphatic carboxylic acids is 1. The highest BCUT2D eigenvalue weighted by Gasteiger charge is 2.33. The molecular weight excluding hydrogens is 329 g/mol. The summed E-state index contributed by atoms with van der Waals surface area (Å²) >= 11 is 0. The number of halogens is 1. The van der Waals surface area contributed by atoms with Gasteiger partial charge in [0.05, 0.1) is 0 Å². The van der Waals surface area contributed by atoms with E-state index in [0.717, 1.165) is 0 Å². The summed E-state index contributed by atoms with van der Waals surface area (Å²) in [7, 11) is 0. The lowest BCUT2D eigenvalue weighted by atomic mass is 10.1. The van der Waals surface area contributed by atoms with Gasteiger partial charge in [-0.05, 0) is 43.5 Å². The van der Waals surface area contributed by atoms with Crippen LogP contribution in [0.4, 0.5) is 4.39 Å². The summed E-state index contributed by atoms with van der Waals surface area (Å²) in [6.07, 6.45) is 1.51. The van der Waals surface area contributed by atoms with E-state index in [1.807, 2.05) is 0 Å². The van der Waals surface area contributed by atoms with E-state index >= 15 is 0 Å². The monoisotopic (exact) mass is 347 g/mol. The van der Waals surface area contributed by atoms with Crippen LogP contribution >= 0.6 is 0 Å². The van der Waals surface area contributed by atoms with Crippen molar-refractivity contribution in [3.8, 4) is 11.4 Å². The number of nitrogens with zero attached hydrogens (tertiary/aromatic N) is 3. The third-order valence-electron chi connectivity index (χ3n) is 4.30.